The van der Waals surface area contributed by atoms with Gasteiger partial charge in [-0.15, -0.1) is 5.10 Å². The van der Waals surface area contributed by atoms with Gasteiger partial charge in [-0.05, 0) is 29.0 Å². The fourth-order valence-corrected chi connectivity index (χ4v) is 2.60. The molecular weight excluding hydrogens is 737 g/mol. The molecule has 1 aromatic heterocycles. The van der Waals surface area contributed by atoms with Gasteiger partial charge in [0, 0.05) is 19.6 Å². The fourth-order valence-electron chi connectivity index (χ4n) is 1.88. The summed E-state index contributed by atoms with van der Waals surface area (Å²) in [5.41, 5.74) is 0.993. The Morgan fingerprint density at radius 3 is 1.64 bits per heavy atom. The first-order valence-electron chi connectivity index (χ1n) is 7.27. The van der Waals surface area contributed by atoms with Crippen LogP contribution in [0.25, 0.3) is 0 Å². The van der Waals surface area contributed by atoms with Crippen molar-refractivity contribution in [3.8, 4) is 0 Å². The Labute approximate surface area is 258 Å². The van der Waals surface area contributed by atoms with Gasteiger partial charge in [0.2, 0.25) is 0 Å². The van der Waals surface area contributed by atoms with E-state index in [0.29, 0.717) is 52.9 Å². The van der Waals surface area contributed by atoms with Crippen LogP contribution in [-0.2, 0) is 31.9 Å². The Morgan fingerprint density at radius 1 is 0.714 bits per heavy atom. The number of aryl methyl sites for hydroxylation is 1. The van der Waals surface area contributed by atoms with Crippen molar-refractivity contribution in [2.75, 3.05) is 52.9 Å². The number of hydrogen-bond donors (Lipinski definition) is 0. The predicted octanol–water partition coefficient (Wildman–Crippen LogP) is -13.6. The number of hydrogen-bond acceptors (Lipinski definition) is 6. The fraction of sp³-hybridized carbons (Fsp3) is 0.846. The Morgan fingerprint density at radius 2 is 1.14 bits per heavy atom. The second-order valence-corrected chi connectivity index (χ2v) is 5.62. The van der Waals surface area contributed by atoms with Crippen LogP contribution in [0.5, 0.6) is 0 Å². The molecule has 0 saturated carbocycles. The molecule has 15 heteroatoms. The van der Waals surface area contributed by atoms with Gasteiger partial charge in [0.05, 0.1) is 51.9 Å². The van der Waals surface area contributed by atoms with Crippen molar-refractivity contribution in [1.29, 1.82) is 0 Å². The Balaban J connectivity index is -0.000000173. The first-order chi connectivity index (χ1) is 10.4. The van der Waals surface area contributed by atoms with E-state index in [-0.39, 0.29) is 123 Å². The molecule has 0 saturated heterocycles. The van der Waals surface area contributed by atoms with Gasteiger partial charge < -0.3 is 83.3 Å². The van der Waals surface area contributed by atoms with Crippen LogP contribution in [-0.4, -0.2) is 84.3 Å². The third-order valence-electron chi connectivity index (χ3n) is 3.00. The number of halogens is 3. The van der Waals surface area contributed by atoms with Crippen LogP contribution in [0.2, 0.25) is 0 Å². The SMILES string of the molecule is Ic1c2nnn1CCCOCCOCCOCCOCC2.O.O.O.[I-].[I-].[Na+].[Na+]. The van der Waals surface area contributed by atoms with E-state index in [1.165, 1.54) is 0 Å². The molecule has 28 heavy (non-hydrogen) atoms. The number of aromatic nitrogens is 3. The molecule has 0 aromatic carbocycles. The second kappa shape index (κ2) is 30.0. The molecule has 1 aromatic rings. The van der Waals surface area contributed by atoms with Gasteiger partial charge in [-0.25, -0.2) is 4.68 Å². The summed E-state index contributed by atoms with van der Waals surface area (Å²) in [5, 5.41) is 8.38. The van der Waals surface area contributed by atoms with E-state index in [1.54, 1.807) is 0 Å². The molecule has 2 heterocycles. The van der Waals surface area contributed by atoms with E-state index >= 15 is 0 Å². The summed E-state index contributed by atoms with van der Waals surface area (Å²) in [7, 11) is 0. The van der Waals surface area contributed by atoms with Crippen molar-refractivity contribution >= 4 is 22.6 Å². The summed E-state index contributed by atoms with van der Waals surface area (Å²) < 4.78 is 24.9. The smallest absolute Gasteiger partial charge is 1.00 e. The van der Waals surface area contributed by atoms with Crippen LogP contribution >= 0.6 is 22.6 Å². The Bertz CT molecular complexity index is 393. The van der Waals surface area contributed by atoms with E-state index in [4.69, 9.17) is 18.9 Å². The van der Waals surface area contributed by atoms with Crippen molar-refractivity contribution in [2.24, 2.45) is 0 Å². The summed E-state index contributed by atoms with van der Waals surface area (Å²) in [6, 6.07) is 0. The molecule has 6 N–H and O–H groups in total. The van der Waals surface area contributed by atoms with Crippen molar-refractivity contribution < 1.29 is 142 Å². The maximum Gasteiger partial charge on any atom is 1.00 e. The van der Waals surface area contributed by atoms with Crippen LogP contribution < -0.4 is 107 Å². The quantitative estimate of drug-likeness (QED) is 0.188. The molecule has 1 aliphatic rings. The second-order valence-electron chi connectivity index (χ2n) is 4.60. The molecule has 0 atom stereocenters. The zero-order valence-corrected chi connectivity index (χ0v) is 26.9. The van der Waals surface area contributed by atoms with E-state index in [1.807, 2.05) is 4.68 Å². The van der Waals surface area contributed by atoms with Crippen molar-refractivity contribution in [1.82, 2.24) is 15.0 Å². The first kappa shape index (κ1) is 44.7. The average Bonchev–Trinajstić information content (AvgIpc) is 2.83. The Kier molecular flexibility index (Phi) is 48.0. The van der Waals surface area contributed by atoms with Gasteiger partial charge in [0.1, 0.15) is 3.70 Å². The number of fused-ring (bicyclic) bond motifs is 2. The zero-order chi connectivity index (χ0) is 14.8. The molecule has 0 aliphatic carbocycles. The van der Waals surface area contributed by atoms with Gasteiger partial charge in [-0.3, -0.25) is 0 Å². The standard InChI is InChI=1S/C13H22IN3O4.2HI.2Na.3H2O/c14-13-12-2-5-19-7-9-21-11-10-20-8-6-18-4-1-3-17(13)16-15-12;;;;;;;/h1-11H2;2*1H;;;3*1H2/q;;;2*+1;;;/p-2. The van der Waals surface area contributed by atoms with Crippen LogP contribution in [0.1, 0.15) is 12.1 Å². The first-order valence-corrected chi connectivity index (χ1v) is 8.34. The summed E-state index contributed by atoms with van der Waals surface area (Å²) >= 11 is 2.29. The molecule has 160 valence electrons. The monoisotopic (exact) mass is 765 g/mol. The van der Waals surface area contributed by atoms with Gasteiger partial charge in [0.15, 0.2) is 0 Å². The summed E-state index contributed by atoms with van der Waals surface area (Å²) in [6.07, 6.45) is 1.69. The minimum absolute atomic E-state index is 0. The summed E-state index contributed by atoms with van der Waals surface area (Å²) in [4.78, 5) is 0. The van der Waals surface area contributed by atoms with Crippen molar-refractivity contribution in [3.63, 3.8) is 0 Å². The zero-order valence-electron chi connectivity index (χ0n) is 16.4. The predicted molar refractivity (Wildman–Crippen MR) is 95.2 cm³/mol. The third kappa shape index (κ3) is 19.7. The van der Waals surface area contributed by atoms with Gasteiger partial charge in [-0.1, -0.05) is 5.21 Å². The van der Waals surface area contributed by atoms with Crippen LogP contribution in [0.3, 0.4) is 0 Å². The average molecular weight is 765 g/mol. The van der Waals surface area contributed by atoms with E-state index < -0.39 is 0 Å². The largest absolute Gasteiger partial charge is 1.00 e. The Hall–Kier alpha value is 3.05. The van der Waals surface area contributed by atoms with Gasteiger partial charge in [-0.2, -0.15) is 0 Å². The van der Waals surface area contributed by atoms with E-state index in [9.17, 15) is 0 Å². The minimum Gasteiger partial charge on any atom is -1.00 e. The van der Waals surface area contributed by atoms with Crippen LogP contribution in [0.4, 0.5) is 0 Å². The third-order valence-corrected chi connectivity index (χ3v) is 4.18. The van der Waals surface area contributed by atoms with Crippen LogP contribution in [0, 0.1) is 3.70 Å². The number of rotatable bonds is 0. The molecule has 0 spiro atoms. The molecule has 0 radical (unpaired) electrons. The molecule has 1 aliphatic heterocycles. The maximum atomic E-state index is 5.53. The summed E-state index contributed by atoms with van der Waals surface area (Å²) in [6.45, 7) is 5.74. The molecule has 2 rings (SSSR count). The van der Waals surface area contributed by atoms with Gasteiger partial charge in [0.25, 0.3) is 0 Å². The maximum absolute atomic E-state index is 5.53. The molecule has 0 fully saturated rings. The van der Waals surface area contributed by atoms with E-state index in [0.717, 1.165) is 28.8 Å². The molecule has 0 amide bonds. The van der Waals surface area contributed by atoms with Crippen molar-refractivity contribution in [2.45, 2.75) is 19.4 Å². The minimum atomic E-state index is 0. The summed E-state index contributed by atoms with van der Waals surface area (Å²) in [5.74, 6) is 0. The number of nitrogens with zero attached hydrogens (tertiary/aromatic N) is 3. The van der Waals surface area contributed by atoms with Crippen LogP contribution in [0.15, 0.2) is 0 Å². The molecule has 2 bridgehead atoms. The molecule has 0 unspecified atom stereocenters. The molecular formula is C13H28I3N3Na2O7. The van der Waals surface area contributed by atoms with Gasteiger partial charge >= 0.3 is 59.1 Å². The molecule has 10 nitrogen and oxygen atoms in total. The number of ether oxygens (including phenoxy) is 4. The normalized spacial score (nSPS) is 15.5. The van der Waals surface area contributed by atoms with E-state index in [2.05, 4.69) is 32.9 Å². The topological polar surface area (TPSA) is 162 Å². The van der Waals surface area contributed by atoms with Crippen molar-refractivity contribution in [3.05, 3.63) is 9.39 Å².